The van der Waals surface area contributed by atoms with Gasteiger partial charge in [-0.25, -0.2) is 0 Å². The smallest absolute Gasteiger partial charge is 0.304 e. The molecular weight excluding hydrogens is 204 g/mol. The van der Waals surface area contributed by atoms with Gasteiger partial charge in [0.05, 0.1) is 6.42 Å². The van der Waals surface area contributed by atoms with Crippen molar-refractivity contribution in [1.82, 2.24) is 9.88 Å². The van der Waals surface area contributed by atoms with E-state index >= 15 is 0 Å². The molecule has 1 N–H and O–H groups in total. The molecule has 1 heterocycles. The zero-order valence-electron chi connectivity index (χ0n) is 9.81. The van der Waals surface area contributed by atoms with E-state index in [1.165, 1.54) is 0 Å². The lowest BCUT2D eigenvalue weighted by molar-refractivity contribution is -0.137. The number of rotatable bonds is 6. The van der Waals surface area contributed by atoms with Crippen LogP contribution in [0.1, 0.15) is 24.6 Å². The molecule has 0 aliphatic carbocycles. The van der Waals surface area contributed by atoms with Crippen molar-refractivity contribution in [2.45, 2.75) is 26.8 Å². The molecule has 4 heteroatoms. The van der Waals surface area contributed by atoms with Crippen LogP contribution in [0, 0.1) is 6.92 Å². The summed E-state index contributed by atoms with van der Waals surface area (Å²) in [4.78, 5) is 16.8. The van der Waals surface area contributed by atoms with Gasteiger partial charge in [-0.3, -0.25) is 14.7 Å². The van der Waals surface area contributed by atoms with Gasteiger partial charge in [0.25, 0.3) is 0 Å². The highest BCUT2D eigenvalue weighted by molar-refractivity contribution is 5.66. The lowest BCUT2D eigenvalue weighted by Crippen LogP contribution is -2.25. The summed E-state index contributed by atoms with van der Waals surface area (Å²) in [6, 6.07) is 4.01. The highest BCUT2D eigenvalue weighted by atomic mass is 16.4. The molecule has 0 radical (unpaired) electrons. The zero-order valence-corrected chi connectivity index (χ0v) is 9.81. The average molecular weight is 222 g/mol. The van der Waals surface area contributed by atoms with Gasteiger partial charge < -0.3 is 5.11 Å². The van der Waals surface area contributed by atoms with Crippen LogP contribution < -0.4 is 0 Å². The van der Waals surface area contributed by atoms with Crippen LogP contribution in [-0.4, -0.2) is 34.0 Å². The topological polar surface area (TPSA) is 53.4 Å². The third-order valence-electron chi connectivity index (χ3n) is 2.47. The Labute approximate surface area is 95.9 Å². The van der Waals surface area contributed by atoms with Crippen molar-refractivity contribution in [3.05, 3.63) is 29.6 Å². The van der Waals surface area contributed by atoms with Crippen LogP contribution in [0.2, 0.25) is 0 Å². The van der Waals surface area contributed by atoms with Crippen LogP contribution in [0.15, 0.2) is 18.3 Å². The lowest BCUT2D eigenvalue weighted by atomic mass is 10.2. The van der Waals surface area contributed by atoms with Gasteiger partial charge in [0.2, 0.25) is 0 Å². The molecule has 0 saturated heterocycles. The predicted molar refractivity (Wildman–Crippen MR) is 62.2 cm³/mol. The van der Waals surface area contributed by atoms with Gasteiger partial charge in [0, 0.05) is 25.0 Å². The van der Waals surface area contributed by atoms with Crippen molar-refractivity contribution in [2.75, 3.05) is 13.1 Å². The minimum atomic E-state index is -0.750. The van der Waals surface area contributed by atoms with Crippen LogP contribution >= 0.6 is 0 Å². The van der Waals surface area contributed by atoms with Gasteiger partial charge in [-0.2, -0.15) is 0 Å². The summed E-state index contributed by atoms with van der Waals surface area (Å²) in [5.74, 6) is -0.750. The normalized spacial score (nSPS) is 10.7. The Morgan fingerprint density at radius 1 is 1.50 bits per heavy atom. The van der Waals surface area contributed by atoms with Gasteiger partial charge >= 0.3 is 5.97 Å². The van der Waals surface area contributed by atoms with E-state index in [2.05, 4.69) is 9.88 Å². The number of pyridine rings is 1. The van der Waals surface area contributed by atoms with Gasteiger partial charge in [-0.1, -0.05) is 13.0 Å². The largest absolute Gasteiger partial charge is 0.481 e. The van der Waals surface area contributed by atoms with E-state index in [4.69, 9.17) is 5.11 Å². The number of aliphatic carboxylic acids is 1. The second-order valence-electron chi connectivity index (χ2n) is 3.82. The van der Waals surface area contributed by atoms with Crippen LogP contribution in [0.25, 0.3) is 0 Å². The molecule has 0 aliphatic heterocycles. The number of carboxylic acid groups (broad SMARTS) is 1. The van der Waals surface area contributed by atoms with E-state index in [1.807, 2.05) is 32.2 Å². The summed E-state index contributed by atoms with van der Waals surface area (Å²) in [5.41, 5.74) is 2.12. The van der Waals surface area contributed by atoms with Gasteiger partial charge in [-0.05, 0) is 25.1 Å². The van der Waals surface area contributed by atoms with E-state index in [-0.39, 0.29) is 6.42 Å². The molecule has 0 aromatic carbocycles. The quantitative estimate of drug-likeness (QED) is 0.795. The molecule has 0 saturated carbocycles. The summed E-state index contributed by atoms with van der Waals surface area (Å²) in [6.45, 7) is 6.17. The predicted octanol–water partition coefficient (Wildman–Crippen LogP) is 1.69. The summed E-state index contributed by atoms with van der Waals surface area (Å²) < 4.78 is 0. The van der Waals surface area contributed by atoms with E-state index in [0.717, 1.165) is 24.3 Å². The van der Waals surface area contributed by atoms with Crippen molar-refractivity contribution in [2.24, 2.45) is 0 Å². The minimum Gasteiger partial charge on any atom is -0.481 e. The van der Waals surface area contributed by atoms with E-state index in [0.29, 0.717) is 6.54 Å². The van der Waals surface area contributed by atoms with Crippen molar-refractivity contribution >= 4 is 5.97 Å². The Hall–Kier alpha value is -1.42. The van der Waals surface area contributed by atoms with Crippen molar-refractivity contribution < 1.29 is 9.90 Å². The van der Waals surface area contributed by atoms with Crippen LogP contribution in [0.3, 0.4) is 0 Å². The Bertz CT molecular complexity index is 335. The molecule has 4 nitrogen and oxygen atoms in total. The number of hydrogen-bond acceptors (Lipinski definition) is 3. The molecule has 1 rings (SSSR count). The Morgan fingerprint density at radius 3 is 2.75 bits per heavy atom. The molecule has 0 atom stereocenters. The fourth-order valence-electron chi connectivity index (χ4n) is 1.45. The van der Waals surface area contributed by atoms with Crippen molar-refractivity contribution in [1.29, 1.82) is 0 Å². The van der Waals surface area contributed by atoms with E-state index in [9.17, 15) is 4.79 Å². The maximum Gasteiger partial charge on any atom is 0.304 e. The number of carbonyl (C=O) groups is 1. The van der Waals surface area contributed by atoms with Crippen molar-refractivity contribution in [3.63, 3.8) is 0 Å². The minimum absolute atomic E-state index is 0.188. The Kier molecular flexibility index (Phi) is 4.92. The zero-order chi connectivity index (χ0) is 12.0. The SMILES string of the molecule is CCN(CCC(=O)O)Cc1ccc(C)nc1. The molecule has 0 spiro atoms. The lowest BCUT2D eigenvalue weighted by Gasteiger charge is -2.19. The second kappa shape index (κ2) is 6.23. The first-order valence-corrected chi connectivity index (χ1v) is 5.47. The summed E-state index contributed by atoms with van der Waals surface area (Å²) >= 11 is 0. The third-order valence-corrected chi connectivity index (χ3v) is 2.47. The molecular formula is C12H18N2O2. The number of carboxylic acids is 1. The maximum absolute atomic E-state index is 10.5. The number of aryl methyl sites for hydroxylation is 1. The van der Waals surface area contributed by atoms with Crippen LogP contribution in [0.4, 0.5) is 0 Å². The third kappa shape index (κ3) is 4.40. The molecule has 0 bridgehead atoms. The van der Waals surface area contributed by atoms with Gasteiger partial charge in [0.15, 0.2) is 0 Å². The molecule has 0 amide bonds. The highest BCUT2D eigenvalue weighted by Crippen LogP contribution is 2.04. The van der Waals surface area contributed by atoms with E-state index in [1.54, 1.807) is 0 Å². The summed E-state index contributed by atoms with van der Waals surface area (Å²) in [6.07, 6.45) is 2.03. The van der Waals surface area contributed by atoms with Crippen LogP contribution in [-0.2, 0) is 11.3 Å². The van der Waals surface area contributed by atoms with Gasteiger partial charge in [-0.15, -0.1) is 0 Å². The van der Waals surface area contributed by atoms with Crippen molar-refractivity contribution in [3.8, 4) is 0 Å². The fraction of sp³-hybridized carbons (Fsp3) is 0.500. The van der Waals surface area contributed by atoms with E-state index < -0.39 is 5.97 Å². The number of aromatic nitrogens is 1. The molecule has 88 valence electrons. The maximum atomic E-state index is 10.5. The second-order valence-corrected chi connectivity index (χ2v) is 3.82. The molecule has 0 unspecified atom stereocenters. The standard InChI is InChI=1S/C12H18N2O2/c1-3-14(7-6-12(15)16)9-11-5-4-10(2)13-8-11/h4-5,8H,3,6-7,9H2,1-2H3,(H,15,16). The summed E-state index contributed by atoms with van der Waals surface area (Å²) in [7, 11) is 0. The van der Waals surface area contributed by atoms with Gasteiger partial charge in [0.1, 0.15) is 0 Å². The Morgan fingerprint density at radius 2 is 2.25 bits per heavy atom. The number of hydrogen-bond donors (Lipinski definition) is 1. The monoisotopic (exact) mass is 222 g/mol. The first kappa shape index (κ1) is 12.6. The molecule has 1 aromatic heterocycles. The first-order chi connectivity index (χ1) is 7.61. The molecule has 0 aliphatic rings. The average Bonchev–Trinajstić information content (AvgIpc) is 2.26. The first-order valence-electron chi connectivity index (χ1n) is 5.47. The highest BCUT2D eigenvalue weighted by Gasteiger charge is 2.06. The van der Waals surface area contributed by atoms with Crippen LogP contribution in [0.5, 0.6) is 0 Å². The molecule has 0 fully saturated rings. The Balaban J connectivity index is 2.49. The fourth-order valence-corrected chi connectivity index (χ4v) is 1.45. The summed E-state index contributed by atoms with van der Waals surface area (Å²) in [5, 5.41) is 8.62. The molecule has 1 aromatic rings. The molecule has 16 heavy (non-hydrogen) atoms. The number of nitrogens with zero attached hydrogens (tertiary/aromatic N) is 2.